The van der Waals surface area contributed by atoms with Gasteiger partial charge in [0.25, 0.3) is 0 Å². The fraction of sp³-hybridized carbons (Fsp3) is 0.250. The normalized spacial score (nSPS) is 13.3. The number of hydrogen-bond donors (Lipinski definition) is 2. The SMILES string of the molecule is CC[C@@H](N[C@H](C)c1cnc[nH]1)c1ccc(Cl)c(C(=O)c2cccnc2)c1F.[HH].[HH]. The van der Waals surface area contributed by atoms with E-state index in [0.717, 1.165) is 5.69 Å². The predicted octanol–water partition coefficient (Wildman–Crippen LogP) is 5.12. The van der Waals surface area contributed by atoms with Crippen molar-refractivity contribution in [2.45, 2.75) is 32.4 Å². The van der Waals surface area contributed by atoms with Crippen LogP contribution in [0.25, 0.3) is 0 Å². The van der Waals surface area contributed by atoms with Crippen molar-refractivity contribution in [1.82, 2.24) is 20.3 Å². The summed E-state index contributed by atoms with van der Waals surface area (Å²) in [6.45, 7) is 3.92. The number of carbonyl (C=O) groups is 1. The van der Waals surface area contributed by atoms with Gasteiger partial charge in [-0.15, -0.1) is 0 Å². The molecule has 0 amide bonds. The molecule has 2 heterocycles. The fourth-order valence-electron chi connectivity index (χ4n) is 3.01. The third-order valence-electron chi connectivity index (χ3n) is 4.49. The number of hydrogen-bond acceptors (Lipinski definition) is 4. The van der Waals surface area contributed by atoms with Gasteiger partial charge in [0, 0.05) is 44.7 Å². The van der Waals surface area contributed by atoms with E-state index >= 15 is 4.39 Å². The molecule has 1 aromatic carbocycles. The molecule has 3 rings (SSSR count). The minimum absolute atomic E-state index is 0. The zero-order valence-corrected chi connectivity index (χ0v) is 15.8. The van der Waals surface area contributed by atoms with Gasteiger partial charge in [-0.1, -0.05) is 24.6 Å². The number of halogens is 2. The molecule has 7 heteroatoms. The summed E-state index contributed by atoms with van der Waals surface area (Å²) in [5.74, 6) is -1.09. The quantitative estimate of drug-likeness (QED) is 0.549. The Labute approximate surface area is 165 Å². The molecule has 0 radical (unpaired) electrons. The van der Waals surface area contributed by atoms with Crippen molar-refractivity contribution in [2.75, 3.05) is 0 Å². The Balaban J connectivity index is 0.00000210. The number of pyridine rings is 1. The number of ketones is 1. The lowest BCUT2D eigenvalue weighted by atomic mass is 9.96. The van der Waals surface area contributed by atoms with Crippen LogP contribution in [-0.4, -0.2) is 20.7 Å². The van der Waals surface area contributed by atoms with Gasteiger partial charge in [0.05, 0.1) is 22.6 Å². The molecule has 0 aliphatic heterocycles. The van der Waals surface area contributed by atoms with Gasteiger partial charge in [0.2, 0.25) is 0 Å². The first-order valence-corrected chi connectivity index (χ1v) is 9.07. The van der Waals surface area contributed by atoms with Crippen LogP contribution in [0.5, 0.6) is 0 Å². The van der Waals surface area contributed by atoms with Crippen LogP contribution < -0.4 is 5.32 Å². The maximum Gasteiger partial charge on any atom is 0.199 e. The molecule has 5 nitrogen and oxygen atoms in total. The molecule has 0 unspecified atom stereocenters. The highest BCUT2D eigenvalue weighted by Gasteiger charge is 2.25. The first-order valence-electron chi connectivity index (χ1n) is 8.69. The summed E-state index contributed by atoms with van der Waals surface area (Å²) < 4.78 is 15.3. The smallest absolute Gasteiger partial charge is 0.199 e. The Bertz CT molecular complexity index is 926. The number of nitrogens with zero attached hydrogens (tertiary/aromatic N) is 2. The van der Waals surface area contributed by atoms with Gasteiger partial charge in [0.15, 0.2) is 5.78 Å². The van der Waals surface area contributed by atoms with E-state index < -0.39 is 11.6 Å². The van der Waals surface area contributed by atoms with Gasteiger partial charge in [-0.25, -0.2) is 9.37 Å². The van der Waals surface area contributed by atoms with E-state index in [0.29, 0.717) is 17.5 Å². The molecule has 144 valence electrons. The Hall–Kier alpha value is -2.57. The number of nitrogens with one attached hydrogen (secondary N) is 2. The summed E-state index contributed by atoms with van der Waals surface area (Å²) >= 11 is 6.17. The van der Waals surface area contributed by atoms with E-state index in [-0.39, 0.29) is 25.5 Å². The maximum absolute atomic E-state index is 15.3. The van der Waals surface area contributed by atoms with Crippen LogP contribution in [0.15, 0.2) is 49.2 Å². The van der Waals surface area contributed by atoms with Crippen LogP contribution in [-0.2, 0) is 0 Å². The first-order chi connectivity index (χ1) is 13.0. The number of H-pyrrole nitrogens is 1. The molecule has 3 aromatic rings. The molecule has 0 bridgehead atoms. The standard InChI is InChI=1S/C20H20ClFN4O.2H2/c1-3-16(26-12(2)17-10-24-11-25-17)14-6-7-15(21)18(19(14)22)20(27)13-5-4-8-23-9-13;;/h4-12,16,26H,3H2,1-2H3,(H,24,25);2*1H/t12-,16-;;/m1../s1. The number of rotatable bonds is 7. The number of imidazole rings is 1. The third-order valence-corrected chi connectivity index (χ3v) is 4.81. The van der Waals surface area contributed by atoms with E-state index in [9.17, 15) is 4.79 Å². The molecule has 2 aromatic heterocycles. The number of aromatic amines is 1. The molecule has 0 spiro atoms. The summed E-state index contributed by atoms with van der Waals surface area (Å²) in [5, 5.41) is 3.46. The van der Waals surface area contributed by atoms with Crippen molar-refractivity contribution in [2.24, 2.45) is 0 Å². The second kappa shape index (κ2) is 8.41. The van der Waals surface area contributed by atoms with E-state index in [1.54, 1.807) is 43.0 Å². The Morgan fingerprint density at radius 3 is 2.78 bits per heavy atom. The van der Waals surface area contributed by atoms with Crippen LogP contribution >= 0.6 is 11.6 Å². The minimum Gasteiger partial charge on any atom is -0.347 e. The van der Waals surface area contributed by atoms with Crippen molar-refractivity contribution >= 4 is 17.4 Å². The molecule has 27 heavy (non-hydrogen) atoms. The minimum atomic E-state index is -0.604. The number of benzene rings is 1. The summed E-state index contributed by atoms with van der Waals surface area (Å²) in [6, 6.07) is 6.05. The lowest BCUT2D eigenvalue weighted by molar-refractivity contribution is 0.103. The van der Waals surface area contributed by atoms with Crippen molar-refractivity contribution in [1.29, 1.82) is 0 Å². The Morgan fingerprint density at radius 2 is 2.15 bits per heavy atom. The van der Waals surface area contributed by atoms with E-state index in [1.807, 2.05) is 13.8 Å². The molecule has 0 saturated heterocycles. The van der Waals surface area contributed by atoms with Crippen LogP contribution in [0, 0.1) is 5.82 Å². The number of aromatic nitrogens is 3. The topological polar surface area (TPSA) is 70.7 Å². The summed E-state index contributed by atoms with van der Waals surface area (Å²) in [7, 11) is 0. The van der Waals surface area contributed by atoms with Gasteiger partial charge in [0.1, 0.15) is 5.82 Å². The highest BCUT2D eigenvalue weighted by atomic mass is 35.5. The molecule has 2 atom stereocenters. The lowest BCUT2D eigenvalue weighted by Gasteiger charge is -2.23. The Kier molecular flexibility index (Phi) is 5.98. The predicted molar refractivity (Wildman–Crippen MR) is 106 cm³/mol. The third kappa shape index (κ3) is 4.07. The van der Waals surface area contributed by atoms with Crippen LogP contribution in [0.1, 0.15) is 62.4 Å². The molecule has 0 aliphatic rings. The van der Waals surface area contributed by atoms with Gasteiger partial charge in [-0.05, 0) is 31.5 Å². The molecular formula is C20H24ClFN4O. The summed E-state index contributed by atoms with van der Waals surface area (Å²) in [5.41, 5.74) is 1.47. The van der Waals surface area contributed by atoms with E-state index in [4.69, 9.17) is 11.6 Å². The zero-order chi connectivity index (χ0) is 19.4. The summed E-state index contributed by atoms with van der Waals surface area (Å²) in [4.78, 5) is 23.7. The molecule has 2 N–H and O–H groups in total. The van der Waals surface area contributed by atoms with Crippen LogP contribution in [0.2, 0.25) is 5.02 Å². The molecule has 0 fully saturated rings. The van der Waals surface area contributed by atoms with Crippen LogP contribution in [0.3, 0.4) is 0 Å². The average molecular weight is 391 g/mol. The average Bonchev–Trinajstić information content (AvgIpc) is 3.22. The maximum atomic E-state index is 15.3. The monoisotopic (exact) mass is 390 g/mol. The van der Waals surface area contributed by atoms with Crippen LogP contribution in [0.4, 0.5) is 4.39 Å². The fourth-order valence-corrected chi connectivity index (χ4v) is 3.24. The zero-order valence-electron chi connectivity index (χ0n) is 15.0. The Morgan fingerprint density at radius 1 is 1.33 bits per heavy atom. The van der Waals surface area contributed by atoms with Gasteiger partial charge < -0.3 is 10.3 Å². The van der Waals surface area contributed by atoms with Crippen molar-refractivity contribution in [3.05, 3.63) is 82.4 Å². The second-order valence-electron chi connectivity index (χ2n) is 6.25. The molecule has 0 saturated carbocycles. The second-order valence-corrected chi connectivity index (χ2v) is 6.66. The first kappa shape index (κ1) is 19.2. The van der Waals surface area contributed by atoms with E-state index in [2.05, 4.69) is 20.3 Å². The lowest BCUT2D eigenvalue weighted by Crippen LogP contribution is -2.26. The largest absolute Gasteiger partial charge is 0.347 e. The van der Waals surface area contributed by atoms with Crippen molar-refractivity contribution < 1.29 is 12.0 Å². The highest BCUT2D eigenvalue weighted by Crippen LogP contribution is 2.30. The van der Waals surface area contributed by atoms with Gasteiger partial charge in [-0.2, -0.15) is 0 Å². The molecular weight excluding hydrogens is 367 g/mol. The van der Waals surface area contributed by atoms with Gasteiger partial charge >= 0.3 is 0 Å². The highest BCUT2D eigenvalue weighted by molar-refractivity contribution is 6.35. The number of carbonyl (C=O) groups excluding carboxylic acids is 1. The van der Waals surface area contributed by atoms with Crippen molar-refractivity contribution in [3.63, 3.8) is 0 Å². The van der Waals surface area contributed by atoms with Gasteiger partial charge in [-0.3, -0.25) is 9.78 Å². The summed E-state index contributed by atoms with van der Waals surface area (Å²) in [6.07, 6.45) is 6.92. The molecule has 0 aliphatic carbocycles. The van der Waals surface area contributed by atoms with E-state index in [1.165, 1.54) is 6.20 Å². The van der Waals surface area contributed by atoms with Crippen molar-refractivity contribution in [3.8, 4) is 0 Å².